The van der Waals surface area contributed by atoms with E-state index in [9.17, 15) is 0 Å². The van der Waals surface area contributed by atoms with Crippen molar-refractivity contribution in [1.82, 2.24) is 0 Å². The monoisotopic (exact) mass is 93.1 g/mol. The molecular formula is C7H9. The van der Waals surface area contributed by atoms with Crippen molar-refractivity contribution in [2.24, 2.45) is 0 Å². The van der Waals surface area contributed by atoms with E-state index in [0.717, 1.165) is 6.42 Å². The highest BCUT2D eigenvalue weighted by atomic mass is 14.0. The first-order chi connectivity index (χ1) is 3.43. The lowest BCUT2D eigenvalue weighted by Crippen LogP contribution is -1.69. The summed E-state index contributed by atoms with van der Waals surface area (Å²) in [5.74, 6) is 0. The van der Waals surface area contributed by atoms with Crippen molar-refractivity contribution in [3.63, 3.8) is 0 Å². The molecule has 1 aliphatic carbocycles. The van der Waals surface area contributed by atoms with Gasteiger partial charge in [-0.25, -0.2) is 0 Å². The molecule has 7 heavy (non-hydrogen) atoms. The van der Waals surface area contributed by atoms with Gasteiger partial charge >= 0.3 is 0 Å². The number of allylic oxidation sites excluding steroid dienone is 4. The van der Waals surface area contributed by atoms with Crippen molar-refractivity contribution in [3.8, 4) is 0 Å². The molecule has 0 heteroatoms. The molecule has 0 amide bonds. The van der Waals surface area contributed by atoms with Gasteiger partial charge in [-0.1, -0.05) is 24.6 Å². The minimum atomic E-state index is 1.07. The lowest BCUT2D eigenvalue weighted by Gasteiger charge is -1.88. The van der Waals surface area contributed by atoms with Crippen LogP contribution in [-0.4, -0.2) is 0 Å². The summed E-state index contributed by atoms with van der Waals surface area (Å²) >= 11 is 0. The summed E-state index contributed by atoms with van der Waals surface area (Å²) in [6, 6.07) is 0. The Morgan fingerprint density at radius 1 is 1.86 bits per heavy atom. The minimum Gasteiger partial charge on any atom is -0.0661 e. The molecule has 0 aliphatic heterocycles. The van der Waals surface area contributed by atoms with Gasteiger partial charge in [0, 0.05) is 0 Å². The van der Waals surface area contributed by atoms with Crippen molar-refractivity contribution in [2.75, 3.05) is 0 Å². The van der Waals surface area contributed by atoms with Crippen LogP contribution in [0, 0.1) is 6.08 Å². The zero-order valence-electron chi connectivity index (χ0n) is 4.57. The molecule has 0 atom stereocenters. The summed E-state index contributed by atoms with van der Waals surface area (Å²) in [7, 11) is 0. The van der Waals surface area contributed by atoms with E-state index in [1.54, 1.807) is 0 Å². The van der Waals surface area contributed by atoms with Gasteiger partial charge in [0.25, 0.3) is 0 Å². The third-order valence-corrected chi connectivity index (χ3v) is 1.22. The molecule has 0 saturated heterocycles. The zero-order chi connectivity index (χ0) is 5.11. The van der Waals surface area contributed by atoms with E-state index >= 15 is 0 Å². The number of rotatable bonds is 1. The minimum absolute atomic E-state index is 1.07. The lowest BCUT2D eigenvalue weighted by molar-refractivity contribution is 1.04. The average Bonchev–Trinajstić information content (AvgIpc) is 2.14. The van der Waals surface area contributed by atoms with E-state index in [1.165, 1.54) is 12.0 Å². The molecule has 0 aromatic heterocycles. The molecule has 0 bridgehead atoms. The Morgan fingerprint density at radius 2 is 2.71 bits per heavy atom. The summed E-state index contributed by atoms with van der Waals surface area (Å²) in [4.78, 5) is 0. The van der Waals surface area contributed by atoms with E-state index < -0.39 is 0 Å². The summed E-state index contributed by atoms with van der Waals surface area (Å²) in [6.45, 7) is 2.17. The van der Waals surface area contributed by atoms with Crippen LogP contribution < -0.4 is 0 Å². The topological polar surface area (TPSA) is 0 Å². The predicted molar refractivity (Wildman–Crippen MR) is 30.8 cm³/mol. The predicted octanol–water partition coefficient (Wildman–Crippen LogP) is 2.09. The van der Waals surface area contributed by atoms with Crippen LogP contribution >= 0.6 is 0 Å². The average molecular weight is 93.1 g/mol. The van der Waals surface area contributed by atoms with Crippen LogP contribution in [0.4, 0.5) is 0 Å². The standard InChI is InChI=1S/C7H9/c1-2-7-5-3-4-6-7/h3,5H,2,6H2,1H3. The van der Waals surface area contributed by atoms with Crippen LogP contribution in [0.5, 0.6) is 0 Å². The summed E-state index contributed by atoms with van der Waals surface area (Å²) in [6.07, 6.45) is 9.49. The SMILES string of the molecule is CCC1=CC=[C]C1. The molecule has 0 fully saturated rings. The van der Waals surface area contributed by atoms with Crippen LogP contribution in [0.2, 0.25) is 0 Å². The van der Waals surface area contributed by atoms with E-state index in [2.05, 4.69) is 19.1 Å². The fraction of sp³-hybridized carbons (Fsp3) is 0.429. The Labute approximate surface area is 44.5 Å². The molecule has 0 nitrogen and oxygen atoms in total. The maximum Gasteiger partial charge on any atom is -0.00612 e. The normalized spacial score (nSPS) is 17.6. The second-order valence-electron chi connectivity index (χ2n) is 1.73. The van der Waals surface area contributed by atoms with Crippen molar-refractivity contribution >= 4 is 0 Å². The molecule has 0 unspecified atom stereocenters. The molecule has 1 radical (unpaired) electrons. The Balaban J connectivity index is 2.45. The smallest absolute Gasteiger partial charge is 0.00612 e. The molecule has 1 aliphatic rings. The molecular weight excluding hydrogens is 84.1 g/mol. The molecule has 0 spiro atoms. The van der Waals surface area contributed by atoms with Gasteiger partial charge in [-0.2, -0.15) is 0 Å². The Morgan fingerprint density at radius 3 is 3.00 bits per heavy atom. The van der Waals surface area contributed by atoms with Crippen LogP contribution in [0.3, 0.4) is 0 Å². The quantitative estimate of drug-likeness (QED) is 0.465. The third kappa shape index (κ3) is 0.923. The highest BCUT2D eigenvalue weighted by molar-refractivity contribution is 5.18. The molecule has 0 aromatic carbocycles. The third-order valence-electron chi connectivity index (χ3n) is 1.22. The van der Waals surface area contributed by atoms with Crippen molar-refractivity contribution < 1.29 is 0 Å². The lowest BCUT2D eigenvalue weighted by atomic mass is 10.2. The van der Waals surface area contributed by atoms with Crippen LogP contribution in [0.25, 0.3) is 0 Å². The van der Waals surface area contributed by atoms with Gasteiger partial charge < -0.3 is 0 Å². The van der Waals surface area contributed by atoms with Crippen molar-refractivity contribution in [1.29, 1.82) is 0 Å². The Hall–Kier alpha value is -0.520. The van der Waals surface area contributed by atoms with Crippen molar-refractivity contribution in [3.05, 3.63) is 23.8 Å². The molecule has 0 aromatic rings. The van der Waals surface area contributed by atoms with Gasteiger partial charge in [0.05, 0.1) is 0 Å². The first kappa shape index (κ1) is 4.63. The zero-order valence-corrected chi connectivity index (χ0v) is 4.57. The molecule has 0 N–H and O–H groups in total. The second-order valence-corrected chi connectivity index (χ2v) is 1.73. The van der Waals surface area contributed by atoms with E-state index in [0.29, 0.717) is 0 Å². The first-order valence-corrected chi connectivity index (χ1v) is 2.68. The summed E-state index contributed by atoms with van der Waals surface area (Å²) in [5, 5.41) is 0. The number of hydrogen-bond acceptors (Lipinski definition) is 0. The highest BCUT2D eigenvalue weighted by Crippen LogP contribution is 2.11. The fourth-order valence-electron chi connectivity index (χ4n) is 0.669. The van der Waals surface area contributed by atoms with E-state index in [-0.39, 0.29) is 0 Å². The van der Waals surface area contributed by atoms with Gasteiger partial charge in [0.2, 0.25) is 0 Å². The summed E-state index contributed by atoms with van der Waals surface area (Å²) < 4.78 is 0. The van der Waals surface area contributed by atoms with Gasteiger partial charge in [0.15, 0.2) is 0 Å². The van der Waals surface area contributed by atoms with Gasteiger partial charge in [0.1, 0.15) is 0 Å². The molecule has 0 heterocycles. The first-order valence-electron chi connectivity index (χ1n) is 2.68. The van der Waals surface area contributed by atoms with Gasteiger partial charge in [-0.05, 0) is 18.9 Å². The Kier molecular flexibility index (Phi) is 1.30. The highest BCUT2D eigenvalue weighted by Gasteiger charge is 1.92. The van der Waals surface area contributed by atoms with E-state index in [4.69, 9.17) is 0 Å². The van der Waals surface area contributed by atoms with E-state index in [1.807, 2.05) is 6.08 Å². The fourth-order valence-corrected chi connectivity index (χ4v) is 0.669. The van der Waals surface area contributed by atoms with Crippen LogP contribution in [0.1, 0.15) is 19.8 Å². The maximum absolute atomic E-state index is 3.11. The molecule has 1 rings (SSSR count). The largest absolute Gasteiger partial charge is 0.0661 e. The second kappa shape index (κ2) is 1.97. The maximum atomic E-state index is 3.11. The van der Waals surface area contributed by atoms with Crippen LogP contribution in [-0.2, 0) is 0 Å². The molecule has 37 valence electrons. The van der Waals surface area contributed by atoms with Gasteiger partial charge in [-0.15, -0.1) is 0 Å². The Bertz CT molecular complexity index is 107. The van der Waals surface area contributed by atoms with Crippen molar-refractivity contribution in [2.45, 2.75) is 19.8 Å². The molecule has 0 saturated carbocycles. The summed E-state index contributed by atoms with van der Waals surface area (Å²) in [5.41, 5.74) is 1.50. The van der Waals surface area contributed by atoms with Gasteiger partial charge in [-0.3, -0.25) is 0 Å². The number of hydrogen-bond donors (Lipinski definition) is 0. The van der Waals surface area contributed by atoms with Crippen LogP contribution in [0.15, 0.2) is 17.7 Å².